The highest BCUT2D eigenvalue weighted by Crippen LogP contribution is 2.40. The molecule has 3 rings (SSSR count). The zero-order chi connectivity index (χ0) is 19.4. The fourth-order valence-electron chi connectivity index (χ4n) is 3.59. The number of methoxy groups -OCH3 is 1. The second kappa shape index (κ2) is 8.57. The van der Waals surface area contributed by atoms with Crippen LogP contribution in [0.1, 0.15) is 52.5 Å². The Balaban J connectivity index is 1.68. The molecule has 144 valence electrons. The van der Waals surface area contributed by atoms with E-state index in [0.717, 1.165) is 42.6 Å². The Hall–Kier alpha value is -2.34. The van der Waals surface area contributed by atoms with Gasteiger partial charge in [0.1, 0.15) is 10.8 Å². The Bertz CT molecular complexity index is 827. The molecule has 1 heterocycles. The van der Waals surface area contributed by atoms with E-state index in [1.54, 1.807) is 7.11 Å². The molecule has 3 N–H and O–H groups in total. The maximum atomic E-state index is 12.4. The van der Waals surface area contributed by atoms with Crippen LogP contribution >= 0.6 is 11.3 Å². The summed E-state index contributed by atoms with van der Waals surface area (Å²) in [4.78, 5) is 25.6. The SMILES string of the molecule is CC[C@H]1CCc2c(sc(NC(=O)CCc3ccc(OC)cc3)c2C(N)=O)C1. The fourth-order valence-corrected chi connectivity index (χ4v) is 4.97. The molecule has 0 radical (unpaired) electrons. The molecule has 27 heavy (non-hydrogen) atoms. The lowest BCUT2D eigenvalue weighted by atomic mass is 9.85. The van der Waals surface area contributed by atoms with E-state index in [-0.39, 0.29) is 5.91 Å². The minimum absolute atomic E-state index is 0.0982. The van der Waals surface area contributed by atoms with Gasteiger partial charge in [0.15, 0.2) is 0 Å². The number of carbonyl (C=O) groups is 2. The number of ether oxygens (including phenoxy) is 1. The van der Waals surface area contributed by atoms with Crippen molar-refractivity contribution in [3.63, 3.8) is 0 Å². The number of fused-ring (bicyclic) bond motifs is 1. The smallest absolute Gasteiger partial charge is 0.251 e. The molecule has 2 aromatic rings. The summed E-state index contributed by atoms with van der Waals surface area (Å²) in [6.45, 7) is 2.19. The van der Waals surface area contributed by atoms with Gasteiger partial charge in [0.2, 0.25) is 5.91 Å². The molecule has 0 fully saturated rings. The van der Waals surface area contributed by atoms with Crippen LogP contribution in [0.3, 0.4) is 0 Å². The monoisotopic (exact) mass is 386 g/mol. The Morgan fingerprint density at radius 1 is 1.30 bits per heavy atom. The van der Waals surface area contributed by atoms with Gasteiger partial charge in [0.05, 0.1) is 12.7 Å². The van der Waals surface area contributed by atoms with Crippen LogP contribution in [0.4, 0.5) is 5.00 Å². The summed E-state index contributed by atoms with van der Waals surface area (Å²) in [5.74, 6) is 0.895. The van der Waals surface area contributed by atoms with E-state index in [0.29, 0.717) is 29.3 Å². The zero-order valence-corrected chi connectivity index (χ0v) is 16.7. The summed E-state index contributed by atoms with van der Waals surface area (Å²) in [7, 11) is 1.63. The van der Waals surface area contributed by atoms with E-state index in [9.17, 15) is 9.59 Å². The average Bonchev–Trinajstić information content (AvgIpc) is 3.03. The Morgan fingerprint density at radius 2 is 2.04 bits per heavy atom. The van der Waals surface area contributed by atoms with Crippen molar-refractivity contribution in [1.82, 2.24) is 0 Å². The quantitative estimate of drug-likeness (QED) is 0.756. The number of nitrogens with two attached hydrogens (primary N) is 1. The predicted molar refractivity (Wildman–Crippen MR) is 109 cm³/mol. The molecule has 0 aliphatic heterocycles. The van der Waals surface area contributed by atoms with Crippen molar-refractivity contribution in [1.29, 1.82) is 0 Å². The second-order valence-electron chi connectivity index (χ2n) is 6.99. The molecular formula is C21H26N2O3S. The number of hydrogen-bond acceptors (Lipinski definition) is 4. The first kappa shape index (κ1) is 19.4. The van der Waals surface area contributed by atoms with E-state index >= 15 is 0 Å². The van der Waals surface area contributed by atoms with Gasteiger partial charge in [-0.05, 0) is 54.9 Å². The van der Waals surface area contributed by atoms with E-state index in [1.807, 2.05) is 24.3 Å². The maximum absolute atomic E-state index is 12.4. The Labute approximate surface area is 163 Å². The molecule has 1 atom stereocenters. The zero-order valence-electron chi connectivity index (χ0n) is 15.8. The topological polar surface area (TPSA) is 81.4 Å². The molecular weight excluding hydrogens is 360 g/mol. The van der Waals surface area contributed by atoms with Gasteiger partial charge >= 0.3 is 0 Å². The standard InChI is InChI=1S/C21H26N2O3S/c1-3-13-6-10-16-17(12-13)27-21(19(16)20(22)25)23-18(24)11-7-14-4-8-15(26-2)9-5-14/h4-5,8-9,13H,3,6-7,10-12H2,1-2H3,(H2,22,25)(H,23,24)/t13-/m0/s1. The van der Waals surface area contributed by atoms with Gasteiger partial charge in [0, 0.05) is 11.3 Å². The van der Waals surface area contributed by atoms with Gasteiger partial charge in [-0.1, -0.05) is 25.5 Å². The predicted octanol–water partition coefficient (Wildman–Crippen LogP) is 3.94. The molecule has 1 aliphatic rings. The summed E-state index contributed by atoms with van der Waals surface area (Å²) in [6.07, 6.45) is 5.02. The number of rotatable bonds is 7. The van der Waals surface area contributed by atoms with Gasteiger partial charge in [-0.3, -0.25) is 9.59 Å². The largest absolute Gasteiger partial charge is 0.497 e. The van der Waals surface area contributed by atoms with Gasteiger partial charge in [-0.25, -0.2) is 0 Å². The molecule has 1 aromatic carbocycles. The number of thiophene rings is 1. The van der Waals surface area contributed by atoms with Gasteiger partial charge < -0.3 is 15.8 Å². The molecule has 0 saturated heterocycles. The van der Waals surface area contributed by atoms with Crippen LogP contribution < -0.4 is 15.8 Å². The number of benzene rings is 1. The summed E-state index contributed by atoms with van der Waals surface area (Å²) in [5.41, 5.74) is 8.25. The van der Waals surface area contributed by atoms with Crippen molar-refractivity contribution in [3.8, 4) is 5.75 Å². The van der Waals surface area contributed by atoms with Gasteiger partial charge in [-0.2, -0.15) is 0 Å². The molecule has 5 nitrogen and oxygen atoms in total. The summed E-state index contributed by atoms with van der Waals surface area (Å²) in [5, 5.41) is 3.54. The normalized spacial score (nSPS) is 15.9. The van der Waals surface area contributed by atoms with E-state index in [2.05, 4.69) is 12.2 Å². The highest BCUT2D eigenvalue weighted by atomic mass is 32.1. The second-order valence-corrected chi connectivity index (χ2v) is 8.09. The molecule has 0 unspecified atom stereocenters. The number of hydrogen-bond donors (Lipinski definition) is 2. The summed E-state index contributed by atoms with van der Waals surface area (Å²) < 4.78 is 5.14. The number of aryl methyl sites for hydroxylation is 1. The third-order valence-electron chi connectivity index (χ3n) is 5.24. The van der Waals surface area contributed by atoms with Crippen LogP contribution in [0.2, 0.25) is 0 Å². The lowest BCUT2D eigenvalue weighted by molar-refractivity contribution is -0.116. The van der Waals surface area contributed by atoms with Crippen LogP contribution in [0.15, 0.2) is 24.3 Å². The molecule has 1 aliphatic carbocycles. The highest BCUT2D eigenvalue weighted by molar-refractivity contribution is 7.17. The van der Waals surface area contributed by atoms with Crippen LogP contribution in [-0.4, -0.2) is 18.9 Å². The van der Waals surface area contributed by atoms with Crippen molar-refractivity contribution in [2.24, 2.45) is 11.7 Å². The van der Waals surface area contributed by atoms with Crippen molar-refractivity contribution in [2.45, 2.75) is 45.4 Å². The third kappa shape index (κ3) is 4.50. The number of amides is 2. The van der Waals surface area contributed by atoms with Crippen LogP contribution in [0.5, 0.6) is 5.75 Å². The van der Waals surface area contributed by atoms with Gasteiger partial charge in [0.25, 0.3) is 5.91 Å². The molecule has 0 saturated carbocycles. The number of primary amides is 1. The van der Waals surface area contributed by atoms with Crippen molar-refractivity contribution in [3.05, 3.63) is 45.8 Å². The van der Waals surface area contributed by atoms with E-state index < -0.39 is 5.91 Å². The Kier molecular flexibility index (Phi) is 6.16. The van der Waals surface area contributed by atoms with Crippen molar-refractivity contribution < 1.29 is 14.3 Å². The van der Waals surface area contributed by atoms with Crippen LogP contribution in [-0.2, 0) is 24.1 Å². The summed E-state index contributed by atoms with van der Waals surface area (Å²) in [6, 6.07) is 7.68. The third-order valence-corrected chi connectivity index (χ3v) is 6.41. The lowest BCUT2D eigenvalue weighted by Gasteiger charge is -2.20. The number of anilines is 1. The first-order valence-electron chi connectivity index (χ1n) is 9.38. The number of carbonyl (C=O) groups excluding carboxylic acids is 2. The first-order chi connectivity index (χ1) is 13.0. The molecule has 6 heteroatoms. The van der Waals surface area contributed by atoms with E-state index in [1.165, 1.54) is 16.2 Å². The van der Waals surface area contributed by atoms with Gasteiger partial charge in [-0.15, -0.1) is 11.3 Å². The Morgan fingerprint density at radius 3 is 2.67 bits per heavy atom. The minimum Gasteiger partial charge on any atom is -0.497 e. The lowest BCUT2D eigenvalue weighted by Crippen LogP contribution is -2.19. The minimum atomic E-state index is -0.451. The van der Waals surface area contributed by atoms with Crippen LogP contribution in [0, 0.1) is 5.92 Å². The van der Waals surface area contributed by atoms with Crippen molar-refractivity contribution >= 4 is 28.2 Å². The maximum Gasteiger partial charge on any atom is 0.251 e. The molecule has 0 spiro atoms. The highest BCUT2D eigenvalue weighted by Gasteiger charge is 2.27. The molecule has 1 aromatic heterocycles. The average molecular weight is 387 g/mol. The number of nitrogens with one attached hydrogen (secondary N) is 1. The first-order valence-corrected chi connectivity index (χ1v) is 10.2. The summed E-state index contributed by atoms with van der Waals surface area (Å²) >= 11 is 1.52. The molecule has 0 bridgehead atoms. The fraction of sp³-hybridized carbons (Fsp3) is 0.429. The van der Waals surface area contributed by atoms with Crippen LogP contribution in [0.25, 0.3) is 0 Å². The molecule has 2 amide bonds. The van der Waals surface area contributed by atoms with Crippen molar-refractivity contribution in [2.75, 3.05) is 12.4 Å². The van der Waals surface area contributed by atoms with E-state index in [4.69, 9.17) is 10.5 Å².